The Kier molecular flexibility index (Phi) is 5.81. The van der Waals surface area contributed by atoms with Gasteiger partial charge in [0.2, 0.25) is 0 Å². The number of sulfonamides is 1. The average Bonchev–Trinajstić information content (AvgIpc) is 2.54. The molecule has 0 spiro atoms. The third-order valence-corrected chi connectivity index (χ3v) is 5.07. The number of benzene rings is 2. The molecule has 0 bridgehead atoms. The van der Waals surface area contributed by atoms with Crippen LogP contribution in [0.4, 0.5) is 5.69 Å². The minimum Gasteiger partial charge on any atom is -0.392 e. The van der Waals surface area contributed by atoms with Crippen LogP contribution < -0.4 is 10.0 Å². The molecule has 0 saturated heterocycles. The van der Waals surface area contributed by atoms with Crippen molar-refractivity contribution >= 4 is 21.6 Å². The highest BCUT2D eigenvalue weighted by Gasteiger charge is 2.19. The second kappa shape index (κ2) is 7.67. The van der Waals surface area contributed by atoms with E-state index >= 15 is 0 Å². The zero-order chi connectivity index (χ0) is 18.6. The molecule has 0 fully saturated rings. The van der Waals surface area contributed by atoms with Gasteiger partial charge in [-0.15, -0.1) is 0 Å². The smallest absolute Gasteiger partial charge is 0.261 e. The highest BCUT2D eigenvalue weighted by molar-refractivity contribution is 7.92. The third-order valence-electron chi connectivity index (χ3n) is 3.71. The normalized spacial score (nSPS) is 12.5. The predicted octanol–water partition coefficient (Wildman–Crippen LogP) is 2.21. The van der Waals surface area contributed by atoms with Crippen molar-refractivity contribution in [1.82, 2.24) is 5.32 Å². The zero-order valence-corrected chi connectivity index (χ0v) is 15.2. The standard InChI is InChI=1S/C18H22N2O4S/c1-12-8-9-15(10-16(12)18(22)19-11-14(3)21)25(23,24)20-17-7-5-4-6-13(17)2/h4-10,14,20-21H,11H2,1-3H3,(H,19,22). The second-order valence-corrected chi connectivity index (χ2v) is 7.64. The van der Waals surface area contributed by atoms with Crippen LogP contribution >= 0.6 is 0 Å². The van der Waals surface area contributed by atoms with Gasteiger partial charge in [0.05, 0.1) is 16.7 Å². The lowest BCUT2D eigenvalue weighted by Gasteiger charge is -2.13. The highest BCUT2D eigenvalue weighted by atomic mass is 32.2. The first-order valence-corrected chi connectivity index (χ1v) is 9.34. The highest BCUT2D eigenvalue weighted by Crippen LogP contribution is 2.21. The summed E-state index contributed by atoms with van der Waals surface area (Å²) in [5, 5.41) is 11.8. The number of aryl methyl sites for hydroxylation is 2. The topological polar surface area (TPSA) is 95.5 Å². The Morgan fingerprint density at radius 1 is 1.12 bits per heavy atom. The second-order valence-electron chi connectivity index (χ2n) is 5.96. The monoisotopic (exact) mass is 362 g/mol. The largest absolute Gasteiger partial charge is 0.392 e. The summed E-state index contributed by atoms with van der Waals surface area (Å²) >= 11 is 0. The van der Waals surface area contributed by atoms with Gasteiger partial charge in [-0.1, -0.05) is 24.3 Å². The van der Waals surface area contributed by atoms with Crippen molar-refractivity contribution in [1.29, 1.82) is 0 Å². The number of hydrogen-bond donors (Lipinski definition) is 3. The number of aliphatic hydroxyl groups is 1. The fourth-order valence-corrected chi connectivity index (χ4v) is 3.40. The van der Waals surface area contributed by atoms with Crippen molar-refractivity contribution in [3.05, 3.63) is 59.2 Å². The number of carbonyl (C=O) groups excluding carboxylic acids is 1. The Morgan fingerprint density at radius 3 is 2.44 bits per heavy atom. The molecule has 0 saturated carbocycles. The summed E-state index contributed by atoms with van der Waals surface area (Å²) < 4.78 is 27.8. The van der Waals surface area contributed by atoms with Crippen molar-refractivity contribution in [2.75, 3.05) is 11.3 Å². The Bertz CT molecular complexity index is 876. The van der Waals surface area contributed by atoms with E-state index in [1.807, 2.05) is 19.1 Å². The maximum absolute atomic E-state index is 12.6. The number of para-hydroxylation sites is 1. The number of hydrogen-bond acceptors (Lipinski definition) is 4. The van der Waals surface area contributed by atoms with Gasteiger partial charge in [-0.25, -0.2) is 8.42 Å². The first-order valence-electron chi connectivity index (χ1n) is 7.86. The van der Waals surface area contributed by atoms with E-state index in [0.29, 0.717) is 11.3 Å². The van der Waals surface area contributed by atoms with Crippen molar-refractivity contribution in [2.24, 2.45) is 0 Å². The maximum atomic E-state index is 12.6. The molecule has 1 amide bonds. The van der Waals surface area contributed by atoms with E-state index in [-0.39, 0.29) is 17.0 Å². The minimum atomic E-state index is -3.82. The number of nitrogens with one attached hydrogen (secondary N) is 2. The van der Waals surface area contributed by atoms with Crippen molar-refractivity contribution in [3.8, 4) is 0 Å². The molecule has 0 radical (unpaired) electrons. The SMILES string of the molecule is Cc1ccccc1NS(=O)(=O)c1ccc(C)c(C(=O)NCC(C)O)c1. The van der Waals surface area contributed by atoms with Crippen LogP contribution in [0.15, 0.2) is 47.4 Å². The lowest BCUT2D eigenvalue weighted by Crippen LogP contribution is -2.31. The quantitative estimate of drug-likeness (QED) is 0.734. The van der Waals surface area contributed by atoms with E-state index in [1.165, 1.54) is 12.1 Å². The Hall–Kier alpha value is -2.38. The average molecular weight is 362 g/mol. The predicted molar refractivity (Wildman–Crippen MR) is 97.2 cm³/mol. The van der Waals surface area contributed by atoms with E-state index in [1.54, 1.807) is 32.0 Å². The molecule has 2 rings (SSSR count). The van der Waals surface area contributed by atoms with Crippen LogP contribution in [0.2, 0.25) is 0 Å². The number of aliphatic hydroxyl groups excluding tert-OH is 1. The molecule has 0 aliphatic heterocycles. The zero-order valence-electron chi connectivity index (χ0n) is 14.4. The number of amides is 1. The minimum absolute atomic E-state index is 0.00329. The fourth-order valence-electron chi connectivity index (χ4n) is 2.24. The molecular formula is C18H22N2O4S. The summed E-state index contributed by atoms with van der Waals surface area (Å²) in [7, 11) is -3.82. The van der Waals surface area contributed by atoms with Crippen LogP contribution in [0.25, 0.3) is 0 Å². The van der Waals surface area contributed by atoms with Gasteiger partial charge in [-0.05, 0) is 50.1 Å². The first kappa shape index (κ1) is 19.0. The van der Waals surface area contributed by atoms with Crippen molar-refractivity contribution in [3.63, 3.8) is 0 Å². The van der Waals surface area contributed by atoms with Crippen molar-refractivity contribution in [2.45, 2.75) is 31.8 Å². The summed E-state index contributed by atoms with van der Waals surface area (Å²) in [6, 6.07) is 11.4. The van der Waals surface area contributed by atoms with E-state index < -0.39 is 22.0 Å². The molecule has 7 heteroatoms. The molecule has 1 atom stereocenters. The molecule has 0 aliphatic carbocycles. The molecule has 6 nitrogen and oxygen atoms in total. The van der Waals surface area contributed by atoms with E-state index in [2.05, 4.69) is 10.0 Å². The van der Waals surface area contributed by atoms with Crippen LogP contribution in [0.1, 0.15) is 28.4 Å². The molecule has 134 valence electrons. The molecule has 3 N–H and O–H groups in total. The number of rotatable bonds is 6. The van der Waals surface area contributed by atoms with Gasteiger partial charge in [0.1, 0.15) is 0 Å². The van der Waals surface area contributed by atoms with Crippen LogP contribution in [-0.2, 0) is 10.0 Å². The molecular weight excluding hydrogens is 340 g/mol. The van der Waals surface area contributed by atoms with E-state index in [9.17, 15) is 18.3 Å². The Balaban J connectivity index is 2.31. The molecule has 2 aromatic rings. The Labute approximate surface area is 147 Å². The van der Waals surface area contributed by atoms with Crippen molar-refractivity contribution < 1.29 is 18.3 Å². The van der Waals surface area contributed by atoms with Gasteiger partial charge in [-0.2, -0.15) is 0 Å². The summed E-state index contributed by atoms with van der Waals surface area (Å²) in [5.74, 6) is -0.425. The van der Waals surface area contributed by atoms with Gasteiger partial charge in [0.25, 0.3) is 15.9 Å². The lowest BCUT2D eigenvalue weighted by molar-refractivity contribution is 0.0923. The molecule has 0 heterocycles. The summed E-state index contributed by atoms with van der Waals surface area (Å²) in [5.41, 5.74) is 2.20. The molecule has 1 unspecified atom stereocenters. The molecule has 0 aromatic heterocycles. The fraction of sp³-hybridized carbons (Fsp3) is 0.278. The third kappa shape index (κ3) is 4.80. The van der Waals surface area contributed by atoms with E-state index in [4.69, 9.17) is 0 Å². The van der Waals surface area contributed by atoms with Gasteiger partial charge in [0.15, 0.2) is 0 Å². The summed E-state index contributed by atoms with van der Waals surface area (Å²) in [6.07, 6.45) is -0.682. The molecule has 2 aromatic carbocycles. The van der Waals surface area contributed by atoms with Gasteiger partial charge >= 0.3 is 0 Å². The Morgan fingerprint density at radius 2 is 1.80 bits per heavy atom. The summed E-state index contributed by atoms with van der Waals surface area (Å²) in [6.45, 7) is 5.18. The first-order chi connectivity index (χ1) is 11.7. The molecule has 25 heavy (non-hydrogen) atoms. The van der Waals surface area contributed by atoms with Crippen LogP contribution in [0, 0.1) is 13.8 Å². The molecule has 0 aliphatic rings. The van der Waals surface area contributed by atoms with Gasteiger partial charge in [-0.3, -0.25) is 9.52 Å². The maximum Gasteiger partial charge on any atom is 0.261 e. The van der Waals surface area contributed by atoms with Crippen LogP contribution in [-0.4, -0.2) is 32.1 Å². The van der Waals surface area contributed by atoms with Crippen LogP contribution in [0.3, 0.4) is 0 Å². The van der Waals surface area contributed by atoms with E-state index in [0.717, 1.165) is 5.56 Å². The summed E-state index contributed by atoms with van der Waals surface area (Å²) in [4.78, 5) is 12.2. The van der Waals surface area contributed by atoms with Gasteiger partial charge < -0.3 is 10.4 Å². The van der Waals surface area contributed by atoms with Gasteiger partial charge in [0, 0.05) is 12.1 Å². The number of anilines is 1. The number of carbonyl (C=O) groups is 1. The lowest BCUT2D eigenvalue weighted by atomic mass is 10.1. The van der Waals surface area contributed by atoms with Crippen LogP contribution in [0.5, 0.6) is 0 Å².